The van der Waals surface area contributed by atoms with Crippen molar-refractivity contribution < 1.29 is 47.3 Å². The van der Waals surface area contributed by atoms with E-state index in [0.29, 0.717) is 26.4 Å². The van der Waals surface area contributed by atoms with Crippen LogP contribution >= 0.6 is 0 Å². The van der Waals surface area contributed by atoms with Gasteiger partial charge in [-0.3, -0.25) is 19.2 Å². The number of piperazine rings is 1. The number of nitrogens with zero attached hydrogens (tertiary/aromatic N) is 4. The molecule has 15 heteroatoms. The molecule has 2 fully saturated rings. The molecule has 2 N–H and O–H groups in total. The summed E-state index contributed by atoms with van der Waals surface area (Å²) in [7, 11) is 1.59. The Morgan fingerprint density at radius 2 is 1.50 bits per heavy atom. The third-order valence-electron chi connectivity index (χ3n) is 9.26. The Morgan fingerprint density at radius 3 is 2.14 bits per heavy atom. The molecule has 2 aliphatic rings. The number of nitrogens with one attached hydrogen (secondary N) is 1. The van der Waals surface area contributed by atoms with E-state index in [1.807, 2.05) is 0 Å². The molecule has 1 saturated carbocycles. The zero-order valence-corrected chi connectivity index (χ0v) is 29.0. The zero-order valence-electron chi connectivity index (χ0n) is 29.0. The monoisotopic (exact) mass is 706 g/mol. The van der Waals surface area contributed by atoms with Crippen molar-refractivity contribution in [2.24, 2.45) is 5.92 Å². The first kappa shape index (κ1) is 39.1. The minimum absolute atomic E-state index is 0.0492. The zero-order chi connectivity index (χ0) is 36.0. The van der Waals surface area contributed by atoms with Gasteiger partial charge in [0.05, 0.1) is 51.8 Å². The van der Waals surface area contributed by atoms with Crippen LogP contribution in [0, 0.1) is 24.0 Å². The van der Waals surface area contributed by atoms with Crippen molar-refractivity contribution in [3.8, 4) is 0 Å². The lowest BCUT2D eigenvalue weighted by molar-refractivity contribution is -0.139. The molecule has 4 amide bonds. The van der Waals surface area contributed by atoms with Gasteiger partial charge in [0.15, 0.2) is 11.6 Å². The second-order valence-electron chi connectivity index (χ2n) is 12.6. The van der Waals surface area contributed by atoms with Gasteiger partial charge in [-0.1, -0.05) is 26.2 Å². The molecule has 1 aliphatic heterocycles. The lowest BCUT2D eigenvalue weighted by atomic mass is 9.83. The third kappa shape index (κ3) is 10.7. The molecule has 277 valence electrons. The molecule has 4 rings (SSSR count). The molecule has 1 radical (unpaired) electrons. The molecule has 2 heterocycles. The number of rotatable bonds is 18. The summed E-state index contributed by atoms with van der Waals surface area (Å²) in [5.74, 6) is -3.35. The highest BCUT2D eigenvalue weighted by atomic mass is 19.2. The molecule has 1 aliphatic carbocycles. The van der Waals surface area contributed by atoms with E-state index in [4.69, 9.17) is 19.3 Å². The summed E-state index contributed by atoms with van der Waals surface area (Å²) < 4.78 is 46.0. The quantitative estimate of drug-likeness (QED) is 0.224. The Hall–Kier alpha value is -3.66. The molecule has 1 aromatic heterocycles. The van der Waals surface area contributed by atoms with E-state index in [-0.39, 0.29) is 99.3 Å². The average molecular weight is 707 g/mol. The van der Waals surface area contributed by atoms with Crippen LogP contribution in [0.1, 0.15) is 49.5 Å². The Balaban J connectivity index is 1.37. The van der Waals surface area contributed by atoms with Crippen LogP contribution in [0.3, 0.4) is 0 Å². The molecule has 0 spiro atoms. The molecule has 13 nitrogen and oxygen atoms in total. The lowest BCUT2D eigenvalue weighted by Crippen LogP contribution is -2.58. The fraction of sp³-hybridized carbons (Fsp3) is 0.629. The number of likely N-dealkylation sites (N-methyl/N-ethyl adjacent to an activating group) is 1. The highest BCUT2D eigenvalue weighted by molar-refractivity contribution is 6.00. The van der Waals surface area contributed by atoms with Gasteiger partial charge < -0.3 is 43.9 Å². The van der Waals surface area contributed by atoms with Gasteiger partial charge in [-0.2, -0.15) is 0 Å². The van der Waals surface area contributed by atoms with Crippen molar-refractivity contribution in [3.63, 3.8) is 0 Å². The van der Waals surface area contributed by atoms with E-state index in [9.17, 15) is 28.0 Å². The summed E-state index contributed by atoms with van der Waals surface area (Å²) in [4.78, 5) is 57.8. The number of fused-ring (bicyclic) bond motifs is 1. The Morgan fingerprint density at radius 1 is 0.900 bits per heavy atom. The number of carbonyl (C=O) groups excluding carboxylic acids is 4. The van der Waals surface area contributed by atoms with Crippen molar-refractivity contribution in [2.45, 2.75) is 51.6 Å². The molecule has 1 atom stereocenters. The number of ether oxygens (including phenoxy) is 3. The largest absolute Gasteiger partial charge is 0.394 e. The van der Waals surface area contributed by atoms with E-state index in [2.05, 4.69) is 5.32 Å². The normalized spacial score (nSPS) is 16.1. The van der Waals surface area contributed by atoms with E-state index in [0.717, 1.165) is 44.2 Å². The van der Waals surface area contributed by atoms with Crippen LogP contribution in [0.15, 0.2) is 18.2 Å². The fourth-order valence-electron chi connectivity index (χ4n) is 6.37. The number of hydrogen-bond acceptors (Lipinski definition) is 8. The summed E-state index contributed by atoms with van der Waals surface area (Å²) in [5.41, 5.74) is 0.312. The van der Waals surface area contributed by atoms with Gasteiger partial charge in [0.1, 0.15) is 18.3 Å². The lowest BCUT2D eigenvalue weighted by Gasteiger charge is -2.39. The predicted molar refractivity (Wildman–Crippen MR) is 180 cm³/mol. The van der Waals surface area contributed by atoms with Crippen LogP contribution < -0.4 is 5.32 Å². The van der Waals surface area contributed by atoms with Gasteiger partial charge in [0.25, 0.3) is 5.91 Å². The first-order valence-corrected chi connectivity index (χ1v) is 17.4. The van der Waals surface area contributed by atoms with Crippen LogP contribution in [-0.4, -0.2) is 140 Å². The molecule has 0 bridgehead atoms. The maximum absolute atomic E-state index is 14.4. The van der Waals surface area contributed by atoms with Crippen LogP contribution in [0.25, 0.3) is 10.9 Å². The first-order valence-electron chi connectivity index (χ1n) is 17.4. The van der Waals surface area contributed by atoms with Crippen LogP contribution in [0.5, 0.6) is 0 Å². The van der Waals surface area contributed by atoms with Crippen molar-refractivity contribution >= 4 is 34.5 Å². The van der Waals surface area contributed by atoms with Gasteiger partial charge >= 0.3 is 0 Å². The fourth-order valence-corrected chi connectivity index (χ4v) is 6.37. The predicted octanol–water partition coefficient (Wildman–Crippen LogP) is 1.99. The second kappa shape index (κ2) is 19.7. The number of carbonyl (C=O) groups is 4. The summed E-state index contributed by atoms with van der Waals surface area (Å²) >= 11 is 0. The van der Waals surface area contributed by atoms with E-state index >= 15 is 0 Å². The van der Waals surface area contributed by atoms with Gasteiger partial charge in [0, 0.05) is 57.6 Å². The van der Waals surface area contributed by atoms with Gasteiger partial charge in [-0.05, 0) is 30.9 Å². The molecule has 0 unspecified atom stereocenters. The average Bonchev–Trinajstić information content (AvgIpc) is 3.47. The summed E-state index contributed by atoms with van der Waals surface area (Å²) in [6.45, 7) is 4.33. The van der Waals surface area contributed by atoms with Crippen LogP contribution in [0.4, 0.5) is 8.78 Å². The number of hydrogen-bond donors (Lipinski definition) is 2. The maximum atomic E-state index is 14.4. The second-order valence-corrected chi connectivity index (χ2v) is 12.6. The van der Waals surface area contributed by atoms with Crippen LogP contribution in [-0.2, 0) is 35.1 Å². The highest BCUT2D eigenvalue weighted by Crippen LogP contribution is 2.28. The number of aromatic nitrogens is 1. The van der Waals surface area contributed by atoms with Crippen molar-refractivity contribution in [1.29, 1.82) is 0 Å². The third-order valence-corrected chi connectivity index (χ3v) is 9.26. The summed E-state index contributed by atoms with van der Waals surface area (Å²) in [5, 5.41) is 11.9. The Labute approximate surface area is 291 Å². The highest BCUT2D eigenvalue weighted by Gasteiger charge is 2.36. The number of aliphatic hydroxyl groups excluding tert-OH is 1. The van der Waals surface area contributed by atoms with Gasteiger partial charge in [-0.15, -0.1) is 0 Å². The first-order chi connectivity index (χ1) is 24.1. The van der Waals surface area contributed by atoms with Crippen molar-refractivity contribution in [1.82, 2.24) is 24.6 Å². The van der Waals surface area contributed by atoms with Gasteiger partial charge in [0.2, 0.25) is 17.7 Å². The Bertz CT molecular complexity index is 1440. The van der Waals surface area contributed by atoms with Crippen molar-refractivity contribution in [3.05, 3.63) is 41.9 Å². The van der Waals surface area contributed by atoms with Gasteiger partial charge in [-0.25, -0.2) is 8.78 Å². The molecule has 1 saturated heterocycles. The number of benzene rings is 1. The minimum Gasteiger partial charge on any atom is -0.394 e. The van der Waals surface area contributed by atoms with Crippen LogP contribution in [0.2, 0.25) is 0 Å². The topological polar surface area (TPSA) is 143 Å². The van der Waals surface area contributed by atoms with E-state index < -0.39 is 23.6 Å². The summed E-state index contributed by atoms with van der Waals surface area (Å²) in [6.07, 6.45) is 6.27. The molecular formula is C35H50F2N5O8. The standard InChI is InChI=1S/C35H50F2N5O8/c1-3-31(44)38-33(25-7-5-4-6-8-25)35(47)41-11-9-40(10-12-41)34(46)30-22-26-21-27(36)28(37)23-29(26)42(30)24-32(45)39(2)13-15-48-17-19-50-20-18-49-16-14-43/h3,21-23,25,33,43H,4-20,24H2,1-2H3,(H,38,44)/t33-/m0/s1. The Kier molecular flexibility index (Phi) is 15.4. The number of amides is 4. The molecule has 50 heavy (non-hydrogen) atoms. The smallest absolute Gasteiger partial charge is 0.270 e. The van der Waals surface area contributed by atoms with E-state index in [1.54, 1.807) is 23.8 Å². The minimum atomic E-state index is -1.10. The SMILES string of the molecule is C[CH]C(=O)N[C@H](C(=O)N1CCN(C(=O)c2cc3cc(F)c(F)cc3n2CC(=O)N(C)CCOCCOCCOCCO)CC1)C1CCCCC1. The summed E-state index contributed by atoms with van der Waals surface area (Å²) in [6, 6.07) is 2.82. The molecular weight excluding hydrogens is 656 g/mol. The molecule has 1 aromatic carbocycles. The maximum Gasteiger partial charge on any atom is 0.270 e. The number of halogens is 2. The van der Waals surface area contributed by atoms with E-state index in [1.165, 1.54) is 22.0 Å². The van der Waals surface area contributed by atoms with Crippen molar-refractivity contribution in [2.75, 3.05) is 86.0 Å². The molecule has 2 aromatic rings. The number of aliphatic hydroxyl groups is 1.